The lowest BCUT2D eigenvalue weighted by atomic mass is 9.72. The molecule has 12 heteroatoms. The van der Waals surface area contributed by atoms with E-state index < -0.39 is 17.3 Å². The number of piperidine rings is 3. The van der Waals surface area contributed by atoms with Crippen LogP contribution in [-0.4, -0.2) is 79.7 Å². The molecule has 0 bridgehead atoms. The second-order valence-electron chi connectivity index (χ2n) is 12.7. The molecular weight excluding hydrogens is 557 g/mol. The van der Waals surface area contributed by atoms with Crippen molar-refractivity contribution in [3.05, 3.63) is 41.7 Å². The predicted octanol–water partition coefficient (Wildman–Crippen LogP) is 4.12. The predicted molar refractivity (Wildman–Crippen MR) is 158 cm³/mol. The number of benzene rings is 1. The first-order valence-electron chi connectivity index (χ1n) is 15.4. The van der Waals surface area contributed by atoms with Crippen molar-refractivity contribution in [2.45, 2.75) is 44.7 Å². The molecule has 2 N–H and O–H groups in total. The van der Waals surface area contributed by atoms with Gasteiger partial charge < -0.3 is 25.3 Å². The van der Waals surface area contributed by atoms with Crippen LogP contribution in [0.15, 0.2) is 30.6 Å². The van der Waals surface area contributed by atoms with Gasteiger partial charge in [-0.2, -0.15) is 18.4 Å². The van der Waals surface area contributed by atoms with Gasteiger partial charge >= 0.3 is 6.18 Å². The van der Waals surface area contributed by atoms with Gasteiger partial charge in [-0.25, -0.2) is 9.97 Å². The molecule has 4 aliphatic heterocycles. The number of amides is 1. The van der Waals surface area contributed by atoms with Crippen LogP contribution in [-0.2, 0) is 11.0 Å². The number of hydrogen-bond donors (Lipinski definition) is 2. The summed E-state index contributed by atoms with van der Waals surface area (Å²) in [7, 11) is 0. The van der Waals surface area contributed by atoms with E-state index in [0.717, 1.165) is 56.8 Å². The molecule has 0 aliphatic carbocycles. The Morgan fingerprint density at radius 3 is 2.35 bits per heavy atom. The van der Waals surface area contributed by atoms with E-state index in [4.69, 9.17) is 5.26 Å². The molecule has 5 heterocycles. The van der Waals surface area contributed by atoms with Gasteiger partial charge in [0.15, 0.2) is 5.82 Å². The van der Waals surface area contributed by atoms with Gasteiger partial charge in [-0.15, -0.1) is 0 Å². The van der Waals surface area contributed by atoms with Crippen molar-refractivity contribution < 1.29 is 18.0 Å². The van der Waals surface area contributed by atoms with Crippen LogP contribution in [0.1, 0.15) is 49.7 Å². The van der Waals surface area contributed by atoms with E-state index in [0.29, 0.717) is 42.9 Å². The Kier molecular flexibility index (Phi) is 8.47. The van der Waals surface area contributed by atoms with E-state index in [1.165, 1.54) is 44.6 Å². The molecule has 0 atom stereocenters. The highest BCUT2D eigenvalue weighted by Crippen LogP contribution is 2.40. The molecule has 0 saturated carbocycles. The third kappa shape index (κ3) is 6.73. The number of nitriles is 1. The first-order chi connectivity index (χ1) is 20.7. The molecule has 4 fully saturated rings. The minimum Gasteiger partial charge on any atom is -0.371 e. The number of carbonyl (C=O) groups excluding carboxylic acids is 1. The summed E-state index contributed by atoms with van der Waals surface area (Å²) in [6, 6.07) is 5.37. The second-order valence-corrected chi connectivity index (χ2v) is 12.7. The van der Waals surface area contributed by atoms with Crippen LogP contribution in [0, 0.1) is 28.6 Å². The fraction of sp³-hybridized carbons (Fsp3) is 0.613. The number of halogens is 3. The maximum atomic E-state index is 13.4. The average Bonchev–Trinajstić information content (AvgIpc) is 3.01. The summed E-state index contributed by atoms with van der Waals surface area (Å²) >= 11 is 0. The lowest BCUT2D eigenvalue weighted by Gasteiger charge is -2.53. The number of nitrogens with one attached hydrogen (secondary N) is 2. The van der Waals surface area contributed by atoms with Crippen molar-refractivity contribution >= 4 is 23.2 Å². The van der Waals surface area contributed by atoms with Crippen molar-refractivity contribution in [1.29, 1.82) is 5.26 Å². The van der Waals surface area contributed by atoms with Crippen LogP contribution in [0.25, 0.3) is 0 Å². The van der Waals surface area contributed by atoms with Gasteiger partial charge in [0.1, 0.15) is 5.82 Å². The van der Waals surface area contributed by atoms with Crippen LogP contribution in [0.2, 0.25) is 0 Å². The fourth-order valence-corrected chi connectivity index (χ4v) is 7.25. The van der Waals surface area contributed by atoms with E-state index in [9.17, 15) is 18.0 Å². The molecule has 43 heavy (non-hydrogen) atoms. The van der Waals surface area contributed by atoms with Gasteiger partial charge in [-0.05, 0) is 81.1 Å². The number of aromatic nitrogens is 2. The van der Waals surface area contributed by atoms with Crippen LogP contribution < -0.4 is 20.4 Å². The monoisotopic (exact) mass is 596 g/mol. The first-order valence-corrected chi connectivity index (χ1v) is 15.4. The molecule has 1 aromatic heterocycles. The maximum Gasteiger partial charge on any atom is 0.417 e. The number of hydrogen-bond acceptors (Lipinski definition) is 8. The highest BCUT2D eigenvalue weighted by molar-refractivity contribution is 5.91. The SMILES string of the molecule is N#Cc1ccc(N2CCC(C(=O)Nc3cnc(N4CCC(CN5CC6(CCNCC6)C5)CC4)cn3)CC2)cc1C(F)(F)F. The average molecular weight is 597 g/mol. The third-order valence-corrected chi connectivity index (χ3v) is 9.79. The Morgan fingerprint density at radius 1 is 1.02 bits per heavy atom. The Bertz CT molecular complexity index is 1310. The summed E-state index contributed by atoms with van der Waals surface area (Å²) in [5.74, 6) is 1.52. The summed E-state index contributed by atoms with van der Waals surface area (Å²) in [5.41, 5.74) is -0.348. The third-order valence-electron chi connectivity index (χ3n) is 9.79. The largest absolute Gasteiger partial charge is 0.417 e. The number of alkyl halides is 3. The van der Waals surface area contributed by atoms with Crippen molar-refractivity contribution in [2.75, 3.05) is 74.0 Å². The topological polar surface area (TPSA) is 100 Å². The molecule has 0 radical (unpaired) electrons. The van der Waals surface area contributed by atoms with E-state index in [2.05, 4.69) is 30.4 Å². The van der Waals surface area contributed by atoms with Crippen LogP contribution in [0.5, 0.6) is 0 Å². The summed E-state index contributed by atoms with van der Waals surface area (Å²) < 4.78 is 40.1. The standard InChI is InChI=1S/C31H39F3N8O/c32-31(33,34)26-15-25(2-1-24(26)16-35)41-13-5-23(6-14-41)29(43)39-27-17-38-28(18-37-27)42-11-3-22(4-12-42)19-40-20-30(21-40)7-9-36-10-8-30/h1-2,15,17-18,22-23,36H,3-14,19-21H2,(H,37,39,43). The zero-order valence-electron chi connectivity index (χ0n) is 24.4. The van der Waals surface area contributed by atoms with Gasteiger partial charge in [0.2, 0.25) is 5.91 Å². The molecule has 2 aromatic rings. The highest BCUT2D eigenvalue weighted by atomic mass is 19.4. The summed E-state index contributed by atoms with van der Waals surface area (Å²) in [5, 5.41) is 15.4. The molecule has 0 unspecified atom stereocenters. The Labute approximate surface area is 250 Å². The normalized spacial score (nSPS) is 21.8. The number of anilines is 3. The van der Waals surface area contributed by atoms with Crippen LogP contribution >= 0.6 is 0 Å². The number of rotatable bonds is 6. The Hall–Kier alpha value is -3.43. The van der Waals surface area contributed by atoms with Gasteiger partial charge in [-0.1, -0.05) is 0 Å². The lowest BCUT2D eigenvalue weighted by Crippen LogP contribution is -2.60. The Morgan fingerprint density at radius 2 is 1.72 bits per heavy atom. The zero-order valence-corrected chi connectivity index (χ0v) is 24.4. The molecule has 1 aromatic carbocycles. The summed E-state index contributed by atoms with van der Waals surface area (Å²) in [4.78, 5) is 28.7. The smallest absolute Gasteiger partial charge is 0.371 e. The fourth-order valence-electron chi connectivity index (χ4n) is 7.25. The minimum atomic E-state index is -4.60. The first kappa shape index (κ1) is 29.6. The van der Waals surface area contributed by atoms with E-state index in [1.807, 2.05) is 4.90 Å². The maximum absolute atomic E-state index is 13.4. The van der Waals surface area contributed by atoms with Gasteiger partial charge in [0.05, 0.1) is 29.6 Å². The Balaban J connectivity index is 0.939. The van der Waals surface area contributed by atoms with Gasteiger partial charge in [0.25, 0.3) is 0 Å². The summed E-state index contributed by atoms with van der Waals surface area (Å²) in [6.07, 6.45) is 4.63. The molecule has 1 amide bonds. The van der Waals surface area contributed by atoms with E-state index in [-0.39, 0.29) is 11.8 Å². The number of nitrogens with zero attached hydrogens (tertiary/aromatic N) is 6. The summed E-state index contributed by atoms with van der Waals surface area (Å²) in [6.45, 7) is 8.82. The minimum absolute atomic E-state index is 0.157. The number of likely N-dealkylation sites (tertiary alicyclic amines) is 1. The molecule has 4 aliphatic rings. The molecular formula is C31H39F3N8O. The number of carbonyl (C=O) groups is 1. The lowest BCUT2D eigenvalue weighted by molar-refractivity contribution is -0.137. The van der Waals surface area contributed by atoms with Crippen molar-refractivity contribution in [2.24, 2.45) is 17.3 Å². The van der Waals surface area contributed by atoms with E-state index in [1.54, 1.807) is 18.5 Å². The van der Waals surface area contributed by atoms with Gasteiger partial charge in [0, 0.05) is 57.4 Å². The van der Waals surface area contributed by atoms with Crippen molar-refractivity contribution in [3.8, 4) is 6.07 Å². The highest BCUT2D eigenvalue weighted by Gasteiger charge is 2.43. The quantitative estimate of drug-likeness (QED) is 0.514. The van der Waals surface area contributed by atoms with E-state index >= 15 is 0 Å². The molecule has 230 valence electrons. The molecule has 9 nitrogen and oxygen atoms in total. The molecule has 4 saturated heterocycles. The van der Waals surface area contributed by atoms with Crippen LogP contribution in [0.4, 0.5) is 30.5 Å². The zero-order chi connectivity index (χ0) is 30.0. The van der Waals surface area contributed by atoms with Crippen molar-refractivity contribution in [3.63, 3.8) is 0 Å². The van der Waals surface area contributed by atoms with Crippen molar-refractivity contribution in [1.82, 2.24) is 20.2 Å². The molecule has 6 rings (SSSR count). The molecule has 1 spiro atoms. The van der Waals surface area contributed by atoms with Crippen LogP contribution in [0.3, 0.4) is 0 Å². The van der Waals surface area contributed by atoms with Gasteiger partial charge in [-0.3, -0.25) is 4.79 Å². The second kappa shape index (κ2) is 12.3.